The van der Waals surface area contributed by atoms with E-state index in [1.807, 2.05) is 47.2 Å². The molecule has 1 aliphatic rings. The molecule has 1 aromatic heterocycles. The third-order valence-corrected chi connectivity index (χ3v) is 8.65. The Labute approximate surface area is 250 Å². The molecular weight excluding hydrogens is 568 g/mol. The Hall–Kier alpha value is -4.61. The largest absolute Gasteiger partial charge is 0.449 e. The van der Waals surface area contributed by atoms with E-state index in [0.717, 1.165) is 31.3 Å². The highest BCUT2D eigenvalue weighted by Gasteiger charge is 2.30. The lowest BCUT2D eigenvalue weighted by Crippen LogP contribution is -2.35. The van der Waals surface area contributed by atoms with Crippen LogP contribution in [-0.2, 0) is 43.9 Å². The van der Waals surface area contributed by atoms with Crippen LogP contribution in [0.25, 0.3) is 10.9 Å². The van der Waals surface area contributed by atoms with E-state index in [4.69, 9.17) is 9.72 Å². The summed E-state index contributed by atoms with van der Waals surface area (Å²) in [5, 5.41) is 3.35. The highest BCUT2D eigenvalue weighted by molar-refractivity contribution is 7.90. The van der Waals surface area contributed by atoms with Crippen LogP contribution < -0.4 is 10.0 Å². The number of esters is 1. The molecule has 3 aromatic carbocycles. The lowest BCUT2D eigenvalue weighted by atomic mass is 9.95. The van der Waals surface area contributed by atoms with Gasteiger partial charge in [0.05, 0.1) is 16.0 Å². The van der Waals surface area contributed by atoms with Crippen LogP contribution >= 0.6 is 0 Å². The summed E-state index contributed by atoms with van der Waals surface area (Å²) in [6.07, 6.45) is -0.196. The van der Waals surface area contributed by atoms with E-state index in [1.54, 1.807) is 6.92 Å². The first-order valence-corrected chi connectivity index (χ1v) is 15.4. The number of benzene rings is 3. The van der Waals surface area contributed by atoms with Crippen molar-refractivity contribution in [1.29, 1.82) is 0 Å². The molecule has 0 radical (unpaired) electrons. The van der Waals surface area contributed by atoms with Crippen LogP contribution in [0.3, 0.4) is 0 Å². The number of rotatable bonds is 9. The average molecular weight is 601 g/mol. The molecule has 0 saturated carbocycles. The standard InChI is InChI=1S/C32H32N4O6S/c1-3-29(31(38)33-23-13-15-24(16-14-23)43(40,41)35-21(2)37)42-32(39)30-25-11-7-8-12-27(25)34-28-17-18-36(20-26(28)30)19-22-9-5-4-6-10-22/h4-16,29H,3,17-20H2,1-2H3,(H,33,38)(H,35,37). The average Bonchev–Trinajstić information content (AvgIpc) is 2.98. The van der Waals surface area contributed by atoms with Gasteiger partial charge >= 0.3 is 5.97 Å². The first-order valence-electron chi connectivity index (χ1n) is 14.0. The quantitative estimate of drug-likeness (QED) is 0.273. The van der Waals surface area contributed by atoms with Gasteiger partial charge in [0.25, 0.3) is 15.9 Å². The maximum absolute atomic E-state index is 13.8. The number of nitrogens with one attached hydrogen (secondary N) is 2. The number of carbonyl (C=O) groups is 3. The van der Waals surface area contributed by atoms with E-state index in [1.165, 1.54) is 29.8 Å². The minimum Gasteiger partial charge on any atom is -0.449 e. The third-order valence-electron chi connectivity index (χ3n) is 7.20. The van der Waals surface area contributed by atoms with Crippen LogP contribution in [0.15, 0.2) is 83.8 Å². The van der Waals surface area contributed by atoms with Crippen LogP contribution in [-0.4, -0.2) is 48.7 Å². The molecule has 1 aliphatic heterocycles. The van der Waals surface area contributed by atoms with Gasteiger partial charge in [-0.25, -0.2) is 17.9 Å². The zero-order chi connectivity index (χ0) is 30.6. The highest BCUT2D eigenvalue weighted by Crippen LogP contribution is 2.30. The molecule has 2 heterocycles. The Morgan fingerprint density at radius 3 is 2.37 bits per heavy atom. The molecule has 222 valence electrons. The van der Waals surface area contributed by atoms with Gasteiger partial charge in [-0.2, -0.15) is 0 Å². The van der Waals surface area contributed by atoms with Crippen LogP contribution in [0.5, 0.6) is 0 Å². The molecule has 0 spiro atoms. The van der Waals surface area contributed by atoms with Gasteiger partial charge in [-0.15, -0.1) is 0 Å². The fourth-order valence-electron chi connectivity index (χ4n) is 5.15. The van der Waals surface area contributed by atoms with Crippen molar-refractivity contribution in [2.24, 2.45) is 0 Å². The van der Waals surface area contributed by atoms with Crippen molar-refractivity contribution < 1.29 is 27.5 Å². The fraction of sp³-hybridized carbons (Fsp3) is 0.250. The second-order valence-corrected chi connectivity index (χ2v) is 12.0. The third kappa shape index (κ3) is 6.90. The first-order chi connectivity index (χ1) is 20.6. The number of para-hydroxylation sites is 1. The predicted molar refractivity (Wildman–Crippen MR) is 162 cm³/mol. The van der Waals surface area contributed by atoms with E-state index in [0.29, 0.717) is 35.1 Å². The molecular formula is C32H32N4O6S. The lowest BCUT2D eigenvalue weighted by Gasteiger charge is -2.30. The Kier molecular flexibility index (Phi) is 8.84. The number of aromatic nitrogens is 1. The molecule has 1 atom stereocenters. The van der Waals surface area contributed by atoms with E-state index in [2.05, 4.69) is 22.3 Å². The topological polar surface area (TPSA) is 135 Å². The van der Waals surface area contributed by atoms with E-state index in [-0.39, 0.29) is 11.3 Å². The fourth-order valence-corrected chi connectivity index (χ4v) is 6.15. The van der Waals surface area contributed by atoms with Gasteiger partial charge < -0.3 is 10.1 Å². The maximum atomic E-state index is 13.8. The van der Waals surface area contributed by atoms with Crippen molar-refractivity contribution in [3.05, 3.63) is 101 Å². The summed E-state index contributed by atoms with van der Waals surface area (Å²) in [7, 11) is -4.01. The Balaban J connectivity index is 1.36. The molecule has 0 aliphatic carbocycles. The Morgan fingerprint density at radius 1 is 0.977 bits per heavy atom. The number of amides is 2. The number of carbonyl (C=O) groups excluding carboxylic acids is 3. The van der Waals surface area contributed by atoms with Gasteiger partial charge in [0.1, 0.15) is 0 Å². The molecule has 2 amide bonds. The first kappa shape index (κ1) is 29.9. The summed E-state index contributed by atoms with van der Waals surface area (Å²) in [6, 6.07) is 22.9. The second kappa shape index (κ2) is 12.7. The minimum absolute atomic E-state index is 0.130. The highest BCUT2D eigenvalue weighted by atomic mass is 32.2. The molecule has 0 fully saturated rings. The Bertz CT molecular complexity index is 1780. The summed E-state index contributed by atoms with van der Waals surface area (Å²) in [4.78, 5) is 45.2. The van der Waals surface area contributed by atoms with E-state index in [9.17, 15) is 22.8 Å². The van der Waals surface area contributed by atoms with Crippen LogP contribution in [0.2, 0.25) is 0 Å². The van der Waals surface area contributed by atoms with Crippen molar-refractivity contribution >= 4 is 44.4 Å². The number of hydrogen-bond acceptors (Lipinski definition) is 8. The van der Waals surface area contributed by atoms with Crippen molar-refractivity contribution in [2.45, 2.75) is 50.8 Å². The van der Waals surface area contributed by atoms with Crippen molar-refractivity contribution in [1.82, 2.24) is 14.6 Å². The molecule has 1 unspecified atom stereocenters. The van der Waals surface area contributed by atoms with Crippen molar-refractivity contribution in [2.75, 3.05) is 11.9 Å². The van der Waals surface area contributed by atoms with Crippen LogP contribution in [0.1, 0.15) is 47.4 Å². The minimum atomic E-state index is -4.01. The Morgan fingerprint density at radius 2 is 1.67 bits per heavy atom. The number of sulfonamides is 1. The van der Waals surface area contributed by atoms with Gasteiger partial charge in [-0.3, -0.25) is 19.5 Å². The van der Waals surface area contributed by atoms with Gasteiger partial charge in [0.2, 0.25) is 5.91 Å². The number of hydrogen-bond donors (Lipinski definition) is 2. The summed E-state index contributed by atoms with van der Waals surface area (Å²) < 4.78 is 32.1. The number of fused-ring (bicyclic) bond motifs is 2. The SMILES string of the molecule is CCC(OC(=O)c1c2c(nc3ccccc13)CCN(Cc1ccccc1)C2)C(=O)Nc1ccc(S(=O)(=O)NC(C)=O)cc1. The lowest BCUT2D eigenvalue weighted by molar-refractivity contribution is -0.124. The summed E-state index contributed by atoms with van der Waals surface area (Å²) in [6.45, 7) is 4.88. The van der Waals surface area contributed by atoms with Crippen LogP contribution in [0, 0.1) is 0 Å². The molecule has 11 heteroatoms. The maximum Gasteiger partial charge on any atom is 0.340 e. The number of ether oxygens (including phenoxy) is 1. The molecule has 10 nitrogen and oxygen atoms in total. The summed E-state index contributed by atoms with van der Waals surface area (Å²) in [5.41, 5.74) is 4.24. The predicted octanol–water partition coefficient (Wildman–Crippen LogP) is 4.19. The van der Waals surface area contributed by atoms with Gasteiger partial charge in [0.15, 0.2) is 6.10 Å². The molecule has 43 heavy (non-hydrogen) atoms. The van der Waals surface area contributed by atoms with E-state index < -0.39 is 33.9 Å². The van der Waals surface area contributed by atoms with Gasteiger partial charge in [-0.1, -0.05) is 55.5 Å². The molecule has 2 N–H and O–H groups in total. The zero-order valence-electron chi connectivity index (χ0n) is 23.9. The second-order valence-electron chi connectivity index (χ2n) is 10.4. The van der Waals surface area contributed by atoms with Gasteiger partial charge in [-0.05, 0) is 42.3 Å². The van der Waals surface area contributed by atoms with Crippen molar-refractivity contribution in [3.8, 4) is 0 Å². The van der Waals surface area contributed by atoms with Crippen LogP contribution in [0.4, 0.5) is 5.69 Å². The van der Waals surface area contributed by atoms with E-state index >= 15 is 0 Å². The monoisotopic (exact) mass is 600 g/mol. The smallest absolute Gasteiger partial charge is 0.340 e. The number of anilines is 1. The molecule has 0 bridgehead atoms. The number of pyridine rings is 1. The molecule has 4 aromatic rings. The molecule has 0 saturated heterocycles. The van der Waals surface area contributed by atoms with Crippen molar-refractivity contribution in [3.63, 3.8) is 0 Å². The zero-order valence-corrected chi connectivity index (χ0v) is 24.7. The summed E-state index contributed by atoms with van der Waals surface area (Å²) in [5.74, 6) is -1.86. The summed E-state index contributed by atoms with van der Waals surface area (Å²) >= 11 is 0. The normalized spacial score (nSPS) is 14.0. The van der Waals surface area contributed by atoms with Gasteiger partial charge in [0, 0.05) is 55.3 Å². The molecule has 5 rings (SSSR count). The number of nitrogens with zero attached hydrogens (tertiary/aromatic N) is 2.